The number of ether oxygens (including phenoxy) is 1. The molecule has 0 aliphatic heterocycles. The first-order valence-corrected chi connectivity index (χ1v) is 12.2. The van der Waals surface area contributed by atoms with Crippen molar-refractivity contribution in [3.05, 3.63) is 47.7 Å². The van der Waals surface area contributed by atoms with Crippen LogP contribution in [0.25, 0.3) is 0 Å². The number of hydrogen-bond donors (Lipinski definition) is 1. The van der Waals surface area contributed by atoms with E-state index in [-0.39, 0.29) is 5.60 Å². The van der Waals surface area contributed by atoms with Crippen LogP contribution in [0.4, 0.5) is 0 Å². The van der Waals surface area contributed by atoms with Crippen LogP contribution in [0.5, 0.6) is 0 Å². The van der Waals surface area contributed by atoms with E-state index in [0.717, 1.165) is 30.2 Å². The second-order valence-corrected chi connectivity index (χ2v) is 9.53. The minimum absolute atomic E-state index is 0.0775. The first kappa shape index (κ1) is 29.2. The van der Waals surface area contributed by atoms with Crippen LogP contribution in [0.15, 0.2) is 36.6 Å². The van der Waals surface area contributed by atoms with E-state index in [0.29, 0.717) is 5.92 Å². The van der Waals surface area contributed by atoms with E-state index >= 15 is 0 Å². The fourth-order valence-electron chi connectivity index (χ4n) is 3.79. The molecule has 176 valence electrons. The van der Waals surface area contributed by atoms with Gasteiger partial charge in [0, 0.05) is 0 Å². The van der Waals surface area contributed by atoms with Crippen LogP contribution >= 0.6 is 0 Å². The summed E-state index contributed by atoms with van der Waals surface area (Å²) in [5.41, 5.74) is 2.01. The molecule has 31 heavy (non-hydrogen) atoms. The zero-order chi connectivity index (χ0) is 23.7. The van der Waals surface area contributed by atoms with Gasteiger partial charge in [0.15, 0.2) is 0 Å². The van der Waals surface area contributed by atoms with E-state index in [4.69, 9.17) is 10.00 Å². The normalized spacial score (nSPS) is 14.8. The third-order valence-corrected chi connectivity index (χ3v) is 5.12. The molecule has 1 aliphatic rings. The Hall–Kier alpha value is -1.79. The van der Waals surface area contributed by atoms with Gasteiger partial charge in [-0.2, -0.15) is 5.26 Å². The van der Waals surface area contributed by atoms with E-state index in [1.807, 2.05) is 53.7 Å². The second-order valence-electron chi connectivity index (χ2n) is 9.53. The summed E-state index contributed by atoms with van der Waals surface area (Å²) in [6.45, 7) is 20.1. The molecule has 1 N–H and O–H groups in total. The molecule has 0 bridgehead atoms. The predicted molar refractivity (Wildman–Crippen MR) is 135 cm³/mol. The molecule has 0 radical (unpaired) electrons. The van der Waals surface area contributed by atoms with Gasteiger partial charge in [-0.15, -0.1) is 0 Å². The molecule has 0 spiro atoms. The minimum atomic E-state index is -0.0775. The fraction of sp³-hybridized carbons (Fsp3) is 0.679. The standard InChI is InChI=1S/C19H28N2.C7H14O.C2H6/c1-16(13-17-7-9-18(14-20)10-8-17)11-12-21-15-19-5-3-2-4-6-19;1-6(2)8-7(3,4)5;1-2/h7-10,16,19,21H,2-6,11-13,15H2,1H3;1H2,2-5H3;1-2H3/t16-;;/m0../s1. The Balaban J connectivity index is 0.000000762. The van der Waals surface area contributed by atoms with Crippen LogP contribution in [0.1, 0.15) is 98.1 Å². The van der Waals surface area contributed by atoms with E-state index in [1.54, 1.807) is 0 Å². The van der Waals surface area contributed by atoms with Crippen molar-refractivity contribution in [2.24, 2.45) is 11.8 Å². The third kappa shape index (κ3) is 16.6. The molecule has 1 saturated carbocycles. The molecule has 3 nitrogen and oxygen atoms in total. The maximum atomic E-state index is 8.80. The summed E-state index contributed by atoms with van der Waals surface area (Å²) >= 11 is 0. The van der Waals surface area contributed by atoms with Crippen molar-refractivity contribution in [1.82, 2.24) is 5.32 Å². The molecule has 0 amide bonds. The van der Waals surface area contributed by atoms with Crippen molar-refractivity contribution >= 4 is 0 Å². The fourth-order valence-corrected chi connectivity index (χ4v) is 3.79. The summed E-state index contributed by atoms with van der Waals surface area (Å²) in [4.78, 5) is 0. The molecule has 1 atom stereocenters. The molecule has 2 rings (SSSR count). The number of nitriles is 1. The Morgan fingerprint density at radius 1 is 1.16 bits per heavy atom. The van der Waals surface area contributed by atoms with Crippen LogP contribution in [0, 0.1) is 23.2 Å². The van der Waals surface area contributed by atoms with Crippen molar-refractivity contribution in [2.75, 3.05) is 13.1 Å². The molecule has 1 aromatic rings. The van der Waals surface area contributed by atoms with Gasteiger partial charge < -0.3 is 10.1 Å². The molecule has 0 heterocycles. The quantitative estimate of drug-likeness (QED) is 0.341. The lowest BCUT2D eigenvalue weighted by molar-refractivity contribution is 0.0544. The van der Waals surface area contributed by atoms with Gasteiger partial charge in [0.1, 0.15) is 5.60 Å². The van der Waals surface area contributed by atoms with Crippen LogP contribution in [0.3, 0.4) is 0 Å². The number of nitrogens with one attached hydrogen (secondary N) is 1. The molecule has 3 heteroatoms. The van der Waals surface area contributed by atoms with Gasteiger partial charge in [-0.1, -0.05) is 58.7 Å². The molecule has 0 unspecified atom stereocenters. The highest BCUT2D eigenvalue weighted by Gasteiger charge is 2.12. The summed E-state index contributed by atoms with van der Waals surface area (Å²) in [7, 11) is 0. The van der Waals surface area contributed by atoms with Gasteiger partial charge >= 0.3 is 0 Å². The SMILES string of the molecule is C=C(C)OC(C)(C)C.CC.C[C@@H](CCNCC1CCCCC1)Cc1ccc(C#N)cc1. The first-order valence-electron chi connectivity index (χ1n) is 12.2. The van der Waals surface area contributed by atoms with E-state index in [9.17, 15) is 0 Å². The van der Waals surface area contributed by atoms with E-state index in [1.165, 1.54) is 50.6 Å². The Bertz CT molecular complexity index is 616. The molecule has 1 aliphatic carbocycles. The summed E-state index contributed by atoms with van der Waals surface area (Å²) in [6.07, 6.45) is 9.49. The second kappa shape index (κ2) is 16.8. The van der Waals surface area contributed by atoms with Gasteiger partial charge in [0.25, 0.3) is 0 Å². The van der Waals surface area contributed by atoms with Gasteiger partial charge in [0.05, 0.1) is 17.4 Å². The Kier molecular flexibility index (Phi) is 15.9. The Morgan fingerprint density at radius 2 is 1.74 bits per heavy atom. The molecular weight excluding hydrogens is 380 g/mol. The molecular formula is C28H48N2O. The highest BCUT2D eigenvalue weighted by atomic mass is 16.5. The largest absolute Gasteiger partial charge is 0.493 e. The van der Waals surface area contributed by atoms with Crippen molar-refractivity contribution in [1.29, 1.82) is 5.26 Å². The lowest BCUT2D eigenvalue weighted by Crippen LogP contribution is -2.26. The first-order chi connectivity index (χ1) is 14.7. The smallest absolute Gasteiger partial charge is 0.100 e. The van der Waals surface area contributed by atoms with E-state index < -0.39 is 0 Å². The lowest BCUT2D eigenvalue weighted by Gasteiger charge is -2.22. The van der Waals surface area contributed by atoms with Crippen molar-refractivity contribution in [2.45, 2.75) is 99.0 Å². The highest BCUT2D eigenvalue weighted by Crippen LogP contribution is 2.22. The average molecular weight is 429 g/mol. The zero-order valence-electron chi connectivity index (χ0n) is 21.4. The van der Waals surface area contributed by atoms with E-state index in [2.05, 4.69) is 37.0 Å². The monoisotopic (exact) mass is 428 g/mol. The van der Waals surface area contributed by atoms with Crippen LogP contribution in [-0.2, 0) is 11.2 Å². The summed E-state index contributed by atoms with van der Waals surface area (Å²) in [5, 5.41) is 12.4. The van der Waals surface area contributed by atoms with Gasteiger partial charge in [-0.3, -0.25) is 0 Å². The van der Waals surface area contributed by atoms with Crippen molar-refractivity contribution < 1.29 is 4.74 Å². The summed E-state index contributed by atoms with van der Waals surface area (Å²) in [5.74, 6) is 2.39. The van der Waals surface area contributed by atoms with Crippen LogP contribution < -0.4 is 5.32 Å². The van der Waals surface area contributed by atoms with Gasteiger partial charge in [0.2, 0.25) is 0 Å². The zero-order valence-corrected chi connectivity index (χ0v) is 21.4. The number of rotatable bonds is 8. The third-order valence-electron chi connectivity index (χ3n) is 5.12. The maximum absolute atomic E-state index is 8.80. The number of allylic oxidation sites excluding steroid dienone is 1. The van der Waals surface area contributed by atoms with Gasteiger partial charge in [-0.25, -0.2) is 0 Å². The number of hydrogen-bond acceptors (Lipinski definition) is 3. The van der Waals surface area contributed by atoms with Crippen molar-refractivity contribution in [3.63, 3.8) is 0 Å². The lowest BCUT2D eigenvalue weighted by atomic mass is 9.89. The molecule has 1 aromatic carbocycles. The highest BCUT2D eigenvalue weighted by molar-refractivity contribution is 5.31. The van der Waals surface area contributed by atoms with Gasteiger partial charge in [-0.05, 0) is 96.0 Å². The topological polar surface area (TPSA) is 45.0 Å². The van der Waals surface area contributed by atoms with Crippen LogP contribution in [0.2, 0.25) is 0 Å². The molecule has 0 saturated heterocycles. The van der Waals surface area contributed by atoms with Crippen LogP contribution in [-0.4, -0.2) is 18.7 Å². The number of nitrogens with zero attached hydrogens (tertiary/aromatic N) is 1. The molecule has 0 aromatic heterocycles. The maximum Gasteiger partial charge on any atom is 0.100 e. The average Bonchev–Trinajstić information content (AvgIpc) is 2.73. The summed E-state index contributed by atoms with van der Waals surface area (Å²) < 4.78 is 5.24. The number of benzene rings is 1. The Morgan fingerprint density at radius 3 is 2.19 bits per heavy atom. The minimum Gasteiger partial charge on any atom is -0.493 e. The Labute approximate surface area is 193 Å². The van der Waals surface area contributed by atoms with Crippen molar-refractivity contribution in [3.8, 4) is 6.07 Å². The molecule has 1 fully saturated rings. The predicted octanol–water partition coefficient (Wildman–Crippen LogP) is 7.66. The summed E-state index contributed by atoms with van der Waals surface area (Å²) in [6, 6.07) is 10.2.